The molecule has 2 heterocycles. The van der Waals surface area contributed by atoms with Gasteiger partial charge in [0.25, 0.3) is 0 Å². The van der Waals surface area contributed by atoms with E-state index in [4.69, 9.17) is 4.74 Å². The largest absolute Gasteiger partial charge is 0.483 e. The summed E-state index contributed by atoms with van der Waals surface area (Å²) in [4.78, 5) is 4.58. The summed E-state index contributed by atoms with van der Waals surface area (Å²) < 4.78 is 7.21. The van der Waals surface area contributed by atoms with Crippen molar-refractivity contribution in [3.8, 4) is 5.75 Å². The summed E-state index contributed by atoms with van der Waals surface area (Å²) in [5.74, 6) is 0.953. The smallest absolute Gasteiger partial charge is 0.152 e. The second kappa shape index (κ2) is 5.84. The van der Waals surface area contributed by atoms with Crippen molar-refractivity contribution >= 4 is 27.3 Å². The van der Waals surface area contributed by atoms with Crippen LogP contribution in [0.2, 0.25) is 0 Å². The van der Waals surface area contributed by atoms with Crippen molar-refractivity contribution in [2.75, 3.05) is 6.54 Å². The molecule has 1 aromatic carbocycles. The van der Waals surface area contributed by atoms with Crippen LogP contribution in [0, 0.1) is 6.92 Å². The molecule has 0 radical (unpaired) electrons. The van der Waals surface area contributed by atoms with Crippen LogP contribution < -0.4 is 10.1 Å². The summed E-state index contributed by atoms with van der Waals surface area (Å²) in [6, 6.07) is 6.58. The van der Waals surface area contributed by atoms with Gasteiger partial charge in [-0.3, -0.25) is 0 Å². The van der Waals surface area contributed by atoms with Gasteiger partial charge in [-0.1, -0.05) is 28.9 Å². The molecule has 0 aliphatic carbocycles. The fourth-order valence-electron chi connectivity index (χ4n) is 2.55. The molecule has 5 heteroatoms. The van der Waals surface area contributed by atoms with Crippen LogP contribution in [0.5, 0.6) is 5.75 Å². The first kappa shape index (κ1) is 14.0. The highest BCUT2D eigenvalue weighted by Gasteiger charge is 2.30. The number of hydrogen-bond donors (Lipinski definition) is 1. The van der Waals surface area contributed by atoms with Crippen molar-refractivity contribution in [3.05, 3.63) is 44.3 Å². The Morgan fingerprint density at radius 1 is 1.50 bits per heavy atom. The summed E-state index contributed by atoms with van der Waals surface area (Å²) in [5, 5.41) is 6.69. The number of aryl methyl sites for hydroxylation is 1. The molecule has 1 aliphatic heterocycles. The molecule has 3 rings (SSSR count). The molecule has 0 saturated heterocycles. The standard InChI is InChI=1S/C15H17BrN2OS/c1-3-17-12-7-14(15-18-9(2)8-20-15)19-13-6-10(16)4-5-11(12)13/h4-6,8,12,14,17H,3,7H2,1-2H3. The first-order valence-electron chi connectivity index (χ1n) is 6.79. The molecule has 0 fully saturated rings. The minimum atomic E-state index is 0.0412. The summed E-state index contributed by atoms with van der Waals surface area (Å²) in [7, 11) is 0. The zero-order valence-electron chi connectivity index (χ0n) is 11.5. The number of rotatable bonds is 3. The van der Waals surface area contributed by atoms with Gasteiger partial charge >= 0.3 is 0 Å². The van der Waals surface area contributed by atoms with Gasteiger partial charge in [-0.25, -0.2) is 4.98 Å². The topological polar surface area (TPSA) is 34.2 Å². The Hall–Kier alpha value is -0.910. The molecule has 20 heavy (non-hydrogen) atoms. The van der Waals surface area contributed by atoms with E-state index in [2.05, 4.69) is 50.7 Å². The number of nitrogens with zero attached hydrogens (tertiary/aromatic N) is 1. The van der Waals surface area contributed by atoms with Gasteiger partial charge in [-0.2, -0.15) is 0 Å². The Morgan fingerprint density at radius 3 is 3.05 bits per heavy atom. The van der Waals surface area contributed by atoms with E-state index in [0.717, 1.165) is 33.9 Å². The van der Waals surface area contributed by atoms with E-state index in [-0.39, 0.29) is 6.10 Å². The maximum absolute atomic E-state index is 6.17. The first-order chi connectivity index (χ1) is 9.67. The fourth-order valence-corrected chi connectivity index (χ4v) is 3.73. The molecule has 2 unspecified atom stereocenters. The third-order valence-electron chi connectivity index (χ3n) is 3.43. The lowest BCUT2D eigenvalue weighted by Gasteiger charge is -2.31. The normalized spacial score (nSPS) is 21.4. The van der Waals surface area contributed by atoms with E-state index in [1.807, 2.05) is 13.0 Å². The van der Waals surface area contributed by atoms with Crippen LogP contribution in [-0.4, -0.2) is 11.5 Å². The summed E-state index contributed by atoms with van der Waals surface area (Å²) >= 11 is 5.20. The lowest BCUT2D eigenvalue weighted by atomic mass is 9.96. The zero-order chi connectivity index (χ0) is 14.1. The van der Waals surface area contributed by atoms with Crippen LogP contribution in [0.1, 0.15) is 41.8 Å². The number of ether oxygens (including phenoxy) is 1. The minimum absolute atomic E-state index is 0.0412. The number of nitrogens with one attached hydrogen (secondary N) is 1. The van der Waals surface area contributed by atoms with Gasteiger partial charge in [0.05, 0.1) is 0 Å². The molecule has 1 aliphatic rings. The maximum Gasteiger partial charge on any atom is 0.152 e. The Labute approximate surface area is 131 Å². The fraction of sp³-hybridized carbons (Fsp3) is 0.400. The highest BCUT2D eigenvalue weighted by molar-refractivity contribution is 9.10. The highest BCUT2D eigenvalue weighted by atomic mass is 79.9. The Balaban J connectivity index is 1.94. The number of benzene rings is 1. The van der Waals surface area contributed by atoms with Crippen molar-refractivity contribution in [2.45, 2.75) is 32.4 Å². The number of halogens is 1. The molecule has 0 bridgehead atoms. The summed E-state index contributed by atoms with van der Waals surface area (Å²) in [6.45, 7) is 5.11. The van der Waals surface area contributed by atoms with Crippen molar-refractivity contribution in [2.24, 2.45) is 0 Å². The summed E-state index contributed by atoms with van der Waals surface area (Å²) in [6.07, 6.45) is 0.967. The Morgan fingerprint density at radius 2 is 2.35 bits per heavy atom. The predicted octanol–water partition coefficient (Wildman–Crippen LogP) is 4.39. The molecule has 0 saturated carbocycles. The number of fused-ring (bicyclic) bond motifs is 1. The second-order valence-corrected chi connectivity index (χ2v) is 6.77. The van der Waals surface area contributed by atoms with Crippen LogP contribution >= 0.6 is 27.3 Å². The van der Waals surface area contributed by atoms with Crippen molar-refractivity contribution in [1.82, 2.24) is 10.3 Å². The Kier molecular flexibility index (Phi) is 4.10. The molecular formula is C15H17BrN2OS. The van der Waals surface area contributed by atoms with Crippen molar-refractivity contribution in [3.63, 3.8) is 0 Å². The number of thiazole rings is 1. The molecule has 3 nitrogen and oxygen atoms in total. The van der Waals surface area contributed by atoms with Crippen LogP contribution in [0.15, 0.2) is 28.1 Å². The van der Waals surface area contributed by atoms with E-state index in [9.17, 15) is 0 Å². The molecule has 2 aromatic rings. The van der Waals surface area contributed by atoms with E-state index in [1.165, 1.54) is 5.56 Å². The van der Waals surface area contributed by atoms with Gasteiger partial charge in [-0.05, 0) is 25.6 Å². The van der Waals surface area contributed by atoms with Gasteiger partial charge in [0.1, 0.15) is 10.8 Å². The Bertz CT molecular complexity index is 614. The van der Waals surface area contributed by atoms with E-state index >= 15 is 0 Å². The minimum Gasteiger partial charge on any atom is -0.483 e. The molecule has 1 N–H and O–H groups in total. The molecular weight excluding hydrogens is 336 g/mol. The maximum atomic E-state index is 6.17. The van der Waals surface area contributed by atoms with E-state index < -0.39 is 0 Å². The molecule has 106 valence electrons. The molecule has 0 spiro atoms. The van der Waals surface area contributed by atoms with Crippen LogP contribution in [0.25, 0.3) is 0 Å². The van der Waals surface area contributed by atoms with Gasteiger partial charge < -0.3 is 10.1 Å². The molecule has 1 aromatic heterocycles. The SMILES string of the molecule is CCNC1CC(c2nc(C)cs2)Oc2cc(Br)ccc21. The monoisotopic (exact) mass is 352 g/mol. The lowest BCUT2D eigenvalue weighted by Crippen LogP contribution is -2.29. The van der Waals surface area contributed by atoms with Gasteiger partial charge in [-0.15, -0.1) is 11.3 Å². The summed E-state index contributed by atoms with van der Waals surface area (Å²) in [5.41, 5.74) is 2.30. The highest BCUT2D eigenvalue weighted by Crippen LogP contribution is 2.42. The lowest BCUT2D eigenvalue weighted by molar-refractivity contribution is 0.151. The van der Waals surface area contributed by atoms with Gasteiger partial charge in [0, 0.05) is 33.6 Å². The number of hydrogen-bond acceptors (Lipinski definition) is 4. The van der Waals surface area contributed by atoms with Crippen LogP contribution in [0.4, 0.5) is 0 Å². The third kappa shape index (κ3) is 2.75. The van der Waals surface area contributed by atoms with Crippen molar-refractivity contribution < 1.29 is 4.74 Å². The zero-order valence-corrected chi connectivity index (χ0v) is 13.9. The van der Waals surface area contributed by atoms with Crippen LogP contribution in [-0.2, 0) is 0 Å². The van der Waals surface area contributed by atoms with Gasteiger partial charge in [0.2, 0.25) is 0 Å². The van der Waals surface area contributed by atoms with Gasteiger partial charge in [0.15, 0.2) is 6.10 Å². The first-order valence-corrected chi connectivity index (χ1v) is 8.46. The second-order valence-electron chi connectivity index (χ2n) is 4.96. The predicted molar refractivity (Wildman–Crippen MR) is 85.4 cm³/mol. The number of aromatic nitrogens is 1. The van der Waals surface area contributed by atoms with Crippen LogP contribution in [0.3, 0.4) is 0 Å². The third-order valence-corrected chi connectivity index (χ3v) is 4.98. The average molecular weight is 353 g/mol. The molecule has 2 atom stereocenters. The van der Waals surface area contributed by atoms with Crippen molar-refractivity contribution in [1.29, 1.82) is 0 Å². The quantitative estimate of drug-likeness (QED) is 0.889. The molecule has 0 amide bonds. The van der Waals surface area contributed by atoms with E-state index in [1.54, 1.807) is 11.3 Å². The van der Waals surface area contributed by atoms with E-state index in [0.29, 0.717) is 6.04 Å². The average Bonchev–Trinajstić information content (AvgIpc) is 2.85.